The average Bonchev–Trinajstić information content (AvgIpc) is 3.22. The number of ether oxygens (including phenoxy) is 1. The topological polar surface area (TPSA) is 128 Å². The molecule has 0 aliphatic carbocycles. The molecule has 2 aromatic rings. The van der Waals surface area contributed by atoms with Crippen LogP contribution < -0.4 is 10.5 Å². The van der Waals surface area contributed by atoms with Crippen molar-refractivity contribution in [1.29, 1.82) is 0 Å². The number of hydrogen-bond acceptors (Lipinski definition) is 6. The number of primary amides is 1. The van der Waals surface area contributed by atoms with Crippen molar-refractivity contribution in [2.75, 3.05) is 32.8 Å². The van der Waals surface area contributed by atoms with Crippen molar-refractivity contribution >= 4 is 21.8 Å². The highest BCUT2D eigenvalue weighted by Gasteiger charge is 2.32. The summed E-state index contributed by atoms with van der Waals surface area (Å²) in [5, 5.41) is 4.32. The third-order valence-electron chi connectivity index (χ3n) is 5.58. The molecule has 0 spiro atoms. The van der Waals surface area contributed by atoms with E-state index in [9.17, 15) is 18.0 Å². The number of piperazine rings is 1. The van der Waals surface area contributed by atoms with Gasteiger partial charge in [-0.25, -0.2) is 8.42 Å². The monoisotopic (exact) mass is 447 g/mol. The van der Waals surface area contributed by atoms with Crippen molar-refractivity contribution in [2.45, 2.75) is 30.7 Å². The van der Waals surface area contributed by atoms with Crippen molar-refractivity contribution < 1.29 is 22.7 Å². The SMILES string of the molecule is NC(=O)COc1ccc(S(=O)(=O)N2CCN(C(=O)c3cnn4c3CCCC4)CC2)cc1. The second-order valence-electron chi connectivity index (χ2n) is 7.61. The van der Waals surface area contributed by atoms with E-state index in [4.69, 9.17) is 10.5 Å². The van der Waals surface area contributed by atoms with Gasteiger partial charge in [0.05, 0.1) is 22.3 Å². The first-order valence-electron chi connectivity index (χ1n) is 10.2. The Morgan fingerprint density at radius 1 is 1.03 bits per heavy atom. The fraction of sp³-hybridized carbons (Fsp3) is 0.450. The molecule has 2 amide bonds. The number of fused-ring (bicyclic) bond motifs is 1. The summed E-state index contributed by atoms with van der Waals surface area (Å²) in [7, 11) is -3.70. The summed E-state index contributed by atoms with van der Waals surface area (Å²) in [5.41, 5.74) is 6.64. The Hall–Kier alpha value is -2.92. The van der Waals surface area contributed by atoms with Crippen LogP contribution in [0.2, 0.25) is 0 Å². The van der Waals surface area contributed by atoms with Crippen molar-refractivity contribution in [2.24, 2.45) is 5.73 Å². The molecule has 10 nitrogen and oxygen atoms in total. The molecule has 0 bridgehead atoms. The molecule has 0 saturated carbocycles. The van der Waals surface area contributed by atoms with E-state index in [1.54, 1.807) is 11.1 Å². The molecule has 2 N–H and O–H groups in total. The van der Waals surface area contributed by atoms with Gasteiger partial charge in [0.25, 0.3) is 11.8 Å². The van der Waals surface area contributed by atoms with Crippen LogP contribution in [0.25, 0.3) is 0 Å². The molecule has 1 aromatic carbocycles. The maximum absolute atomic E-state index is 13.0. The molecule has 3 heterocycles. The van der Waals surface area contributed by atoms with Gasteiger partial charge >= 0.3 is 0 Å². The molecule has 11 heteroatoms. The van der Waals surface area contributed by atoms with Crippen LogP contribution in [0, 0.1) is 0 Å². The largest absolute Gasteiger partial charge is 0.484 e. The second kappa shape index (κ2) is 8.67. The summed E-state index contributed by atoms with van der Waals surface area (Å²) in [6.07, 6.45) is 4.59. The summed E-state index contributed by atoms with van der Waals surface area (Å²) < 4.78 is 34.3. The van der Waals surface area contributed by atoms with Crippen LogP contribution in [0.1, 0.15) is 28.9 Å². The predicted molar refractivity (Wildman–Crippen MR) is 111 cm³/mol. The minimum Gasteiger partial charge on any atom is -0.484 e. The number of hydrogen-bond donors (Lipinski definition) is 1. The smallest absolute Gasteiger partial charge is 0.257 e. The van der Waals surface area contributed by atoms with Crippen LogP contribution in [0.4, 0.5) is 0 Å². The molecule has 2 aliphatic rings. The first kappa shape index (κ1) is 21.3. The Balaban J connectivity index is 1.39. The second-order valence-corrected chi connectivity index (χ2v) is 9.55. The van der Waals surface area contributed by atoms with Crippen LogP contribution in [0.15, 0.2) is 35.4 Å². The molecule has 0 radical (unpaired) electrons. The number of amides is 2. The van der Waals surface area contributed by atoms with Gasteiger partial charge in [0.1, 0.15) is 5.75 Å². The highest BCUT2D eigenvalue weighted by molar-refractivity contribution is 7.89. The first-order valence-corrected chi connectivity index (χ1v) is 11.7. The van der Waals surface area contributed by atoms with Gasteiger partial charge in [-0.15, -0.1) is 0 Å². The minimum absolute atomic E-state index is 0.0869. The molecule has 0 unspecified atom stereocenters. The molecule has 31 heavy (non-hydrogen) atoms. The quantitative estimate of drug-likeness (QED) is 0.675. The van der Waals surface area contributed by atoms with Crippen LogP contribution in [0.3, 0.4) is 0 Å². The fourth-order valence-corrected chi connectivity index (χ4v) is 5.34. The number of sulfonamides is 1. The summed E-state index contributed by atoms with van der Waals surface area (Å²) in [5.74, 6) is -0.338. The third-order valence-corrected chi connectivity index (χ3v) is 7.49. The minimum atomic E-state index is -3.70. The first-order chi connectivity index (χ1) is 14.9. The van der Waals surface area contributed by atoms with Crippen molar-refractivity contribution in [3.8, 4) is 5.75 Å². The van der Waals surface area contributed by atoms with Gasteiger partial charge in [-0.1, -0.05) is 0 Å². The lowest BCUT2D eigenvalue weighted by atomic mass is 10.1. The maximum atomic E-state index is 13.0. The predicted octanol–water partition coefficient (Wildman–Crippen LogP) is 0.230. The number of nitrogens with zero attached hydrogens (tertiary/aromatic N) is 4. The number of nitrogens with two attached hydrogens (primary N) is 1. The zero-order valence-electron chi connectivity index (χ0n) is 17.1. The van der Waals surface area contributed by atoms with Crippen molar-refractivity contribution in [1.82, 2.24) is 19.0 Å². The molecule has 2 aliphatic heterocycles. The molecular weight excluding hydrogens is 422 g/mol. The van der Waals surface area contributed by atoms with Gasteiger partial charge in [-0.05, 0) is 43.5 Å². The Kier molecular flexibility index (Phi) is 5.96. The Labute approximate surface area is 180 Å². The molecule has 1 aromatic heterocycles. The van der Waals surface area contributed by atoms with Crippen LogP contribution >= 0.6 is 0 Å². The number of carbonyl (C=O) groups is 2. The van der Waals surface area contributed by atoms with Gasteiger partial charge in [0, 0.05) is 32.7 Å². The lowest BCUT2D eigenvalue weighted by Crippen LogP contribution is -2.50. The average molecular weight is 448 g/mol. The lowest BCUT2D eigenvalue weighted by molar-refractivity contribution is -0.119. The van der Waals surface area contributed by atoms with E-state index >= 15 is 0 Å². The molecule has 1 fully saturated rings. The maximum Gasteiger partial charge on any atom is 0.257 e. The molecule has 166 valence electrons. The number of aryl methyl sites for hydroxylation is 1. The Morgan fingerprint density at radius 2 is 1.74 bits per heavy atom. The van der Waals surface area contributed by atoms with E-state index in [-0.39, 0.29) is 30.5 Å². The third kappa shape index (κ3) is 4.42. The fourth-order valence-electron chi connectivity index (χ4n) is 3.91. The van der Waals surface area contributed by atoms with Crippen LogP contribution in [0.5, 0.6) is 5.75 Å². The number of carbonyl (C=O) groups excluding carboxylic acids is 2. The van der Waals surface area contributed by atoms with Gasteiger partial charge < -0.3 is 15.4 Å². The summed E-state index contributed by atoms with van der Waals surface area (Å²) >= 11 is 0. The van der Waals surface area contributed by atoms with Crippen LogP contribution in [-0.4, -0.2) is 72.0 Å². The number of aromatic nitrogens is 2. The lowest BCUT2D eigenvalue weighted by Gasteiger charge is -2.34. The zero-order chi connectivity index (χ0) is 22.0. The molecule has 1 saturated heterocycles. The number of rotatable bonds is 6. The Bertz CT molecular complexity index is 1070. The van der Waals surface area contributed by atoms with Gasteiger partial charge in [-0.2, -0.15) is 9.40 Å². The number of benzene rings is 1. The molecular formula is C20H25N5O5S. The van der Waals surface area contributed by atoms with Crippen LogP contribution in [-0.2, 0) is 27.8 Å². The molecule has 4 rings (SSSR count). The Morgan fingerprint density at radius 3 is 2.42 bits per heavy atom. The van der Waals surface area contributed by atoms with E-state index in [1.165, 1.54) is 28.6 Å². The van der Waals surface area contributed by atoms with E-state index in [0.29, 0.717) is 24.4 Å². The van der Waals surface area contributed by atoms with Crippen molar-refractivity contribution in [3.05, 3.63) is 41.7 Å². The molecule has 0 atom stereocenters. The normalized spacial score (nSPS) is 17.2. The summed E-state index contributed by atoms with van der Waals surface area (Å²) in [6, 6.07) is 5.84. The van der Waals surface area contributed by atoms with E-state index in [1.807, 2.05) is 4.68 Å². The van der Waals surface area contributed by atoms with Gasteiger partial charge in [0.2, 0.25) is 10.0 Å². The van der Waals surface area contributed by atoms with E-state index < -0.39 is 15.9 Å². The summed E-state index contributed by atoms with van der Waals surface area (Å²) in [4.78, 5) is 25.6. The van der Waals surface area contributed by atoms with Gasteiger partial charge in [-0.3, -0.25) is 14.3 Å². The standard InChI is InChI=1S/C20H25N5O5S/c21-19(26)14-30-15-4-6-16(7-5-15)31(28,29)24-11-9-23(10-12-24)20(27)17-13-22-25-8-2-1-3-18(17)25/h4-7,13H,1-3,8-12,14H2,(H2,21,26). The summed E-state index contributed by atoms with van der Waals surface area (Å²) in [6.45, 7) is 1.64. The highest BCUT2D eigenvalue weighted by atomic mass is 32.2. The van der Waals surface area contributed by atoms with Crippen molar-refractivity contribution in [3.63, 3.8) is 0 Å². The van der Waals surface area contributed by atoms with Gasteiger partial charge in [0.15, 0.2) is 6.61 Å². The van der Waals surface area contributed by atoms with E-state index in [2.05, 4.69) is 5.10 Å². The zero-order valence-corrected chi connectivity index (χ0v) is 17.9. The van der Waals surface area contributed by atoms with E-state index in [0.717, 1.165) is 31.5 Å². The highest BCUT2D eigenvalue weighted by Crippen LogP contribution is 2.23.